The molecule has 3 aromatic rings. The molecule has 5 nitrogen and oxygen atoms in total. The fourth-order valence-corrected chi connectivity index (χ4v) is 4.26. The summed E-state index contributed by atoms with van der Waals surface area (Å²) >= 11 is 3.28. The standard InChI is InChI=1S/C20H15BrF2N2O3S/c21-14-6-9-16(10-7-14)25(29(27,28)17-4-2-1-3-5-17)13-20(26)24-19-11-8-15(22)12-18(19)23/h1-12H,13H2,(H,24,26). The molecule has 9 heteroatoms. The van der Waals surface area contributed by atoms with Gasteiger partial charge in [0.25, 0.3) is 10.0 Å². The van der Waals surface area contributed by atoms with Crippen molar-refractivity contribution in [3.05, 3.63) is 88.9 Å². The summed E-state index contributed by atoms with van der Waals surface area (Å²) in [5.41, 5.74) is 0.0102. The molecule has 0 saturated heterocycles. The zero-order valence-electron chi connectivity index (χ0n) is 14.8. The maximum atomic E-state index is 13.8. The number of rotatable bonds is 6. The molecule has 0 fully saturated rings. The third kappa shape index (κ3) is 4.99. The molecule has 0 unspecified atom stereocenters. The minimum absolute atomic E-state index is 0.00341. The van der Waals surface area contributed by atoms with Crippen molar-refractivity contribution in [2.24, 2.45) is 0 Å². The van der Waals surface area contributed by atoms with Crippen LogP contribution in [0.4, 0.5) is 20.2 Å². The van der Waals surface area contributed by atoms with Crippen molar-refractivity contribution >= 4 is 43.2 Å². The lowest BCUT2D eigenvalue weighted by atomic mass is 10.3. The van der Waals surface area contributed by atoms with Gasteiger partial charge >= 0.3 is 0 Å². The van der Waals surface area contributed by atoms with Gasteiger partial charge < -0.3 is 5.32 Å². The molecular formula is C20H15BrF2N2O3S. The van der Waals surface area contributed by atoms with Crippen LogP contribution in [-0.4, -0.2) is 20.9 Å². The lowest BCUT2D eigenvalue weighted by Gasteiger charge is -2.24. The predicted octanol–water partition coefficient (Wildman–Crippen LogP) is 4.56. The van der Waals surface area contributed by atoms with Crippen LogP contribution in [0.3, 0.4) is 0 Å². The molecule has 0 saturated carbocycles. The second-order valence-electron chi connectivity index (χ2n) is 5.97. The molecular weight excluding hydrogens is 466 g/mol. The van der Waals surface area contributed by atoms with Gasteiger partial charge in [-0.3, -0.25) is 9.10 Å². The number of anilines is 2. The number of sulfonamides is 1. The monoisotopic (exact) mass is 480 g/mol. The molecule has 0 radical (unpaired) electrons. The average molecular weight is 481 g/mol. The van der Waals surface area contributed by atoms with E-state index in [2.05, 4.69) is 21.2 Å². The van der Waals surface area contributed by atoms with Crippen molar-refractivity contribution in [3.8, 4) is 0 Å². The van der Waals surface area contributed by atoms with Gasteiger partial charge in [-0.25, -0.2) is 17.2 Å². The van der Waals surface area contributed by atoms with Gasteiger partial charge in [0.15, 0.2) is 0 Å². The van der Waals surface area contributed by atoms with Crippen LogP contribution in [-0.2, 0) is 14.8 Å². The zero-order chi connectivity index (χ0) is 21.0. The van der Waals surface area contributed by atoms with Crippen LogP contribution in [0.15, 0.2) is 82.2 Å². The van der Waals surface area contributed by atoms with Crippen LogP contribution in [0.2, 0.25) is 0 Å². The number of nitrogens with zero attached hydrogens (tertiary/aromatic N) is 1. The Kier molecular flexibility index (Phi) is 6.29. The summed E-state index contributed by atoms with van der Waals surface area (Å²) in [6.07, 6.45) is 0. The minimum Gasteiger partial charge on any atom is -0.322 e. The molecule has 0 aliphatic rings. The first-order valence-corrected chi connectivity index (χ1v) is 10.6. The van der Waals surface area contributed by atoms with Crippen molar-refractivity contribution in [2.75, 3.05) is 16.2 Å². The van der Waals surface area contributed by atoms with Crippen LogP contribution in [0.1, 0.15) is 0 Å². The van der Waals surface area contributed by atoms with Crippen molar-refractivity contribution in [1.82, 2.24) is 0 Å². The Morgan fingerprint density at radius 3 is 2.24 bits per heavy atom. The van der Waals surface area contributed by atoms with Gasteiger partial charge in [-0.2, -0.15) is 0 Å². The van der Waals surface area contributed by atoms with Crippen LogP contribution in [0.25, 0.3) is 0 Å². The second kappa shape index (κ2) is 8.71. The lowest BCUT2D eigenvalue weighted by molar-refractivity contribution is -0.114. The molecule has 1 N–H and O–H groups in total. The Morgan fingerprint density at radius 2 is 1.62 bits per heavy atom. The summed E-state index contributed by atoms with van der Waals surface area (Å²) < 4.78 is 54.8. The maximum Gasteiger partial charge on any atom is 0.264 e. The van der Waals surface area contributed by atoms with Crippen molar-refractivity contribution in [1.29, 1.82) is 0 Å². The van der Waals surface area contributed by atoms with Gasteiger partial charge in [0, 0.05) is 10.5 Å². The van der Waals surface area contributed by atoms with E-state index >= 15 is 0 Å². The number of hydrogen-bond donors (Lipinski definition) is 1. The van der Waals surface area contributed by atoms with E-state index in [1.807, 2.05) is 0 Å². The minimum atomic E-state index is -4.07. The van der Waals surface area contributed by atoms with Crippen LogP contribution in [0.5, 0.6) is 0 Å². The van der Waals surface area contributed by atoms with Crippen LogP contribution < -0.4 is 9.62 Å². The first-order chi connectivity index (χ1) is 13.8. The number of carbonyl (C=O) groups excluding carboxylic acids is 1. The first-order valence-electron chi connectivity index (χ1n) is 8.35. The molecule has 0 aliphatic carbocycles. The molecule has 29 heavy (non-hydrogen) atoms. The zero-order valence-corrected chi connectivity index (χ0v) is 17.3. The van der Waals surface area contributed by atoms with E-state index in [4.69, 9.17) is 0 Å². The normalized spacial score (nSPS) is 11.1. The highest BCUT2D eigenvalue weighted by atomic mass is 79.9. The third-order valence-electron chi connectivity index (χ3n) is 3.94. The Balaban J connectivity index is 1.93. The SMILES string of the molecule is O=C(CN(c1ccc(Br)cc1)S(=O)(=O)c1ccccc1)Nc1ccc(F)cc1F. The number of carbonyl (C=O) groups is 1. The van der Waals surface area contributed by atoms with E-state index in [1.54, 1.807) is 30.3 Å². The van der Waals surface area contributed by atoms with E-state index in [-0.39, 0.29) is 16.3 Å². The van der Waals surface area contributed by atoms with Gasteiger partial charge in [0.1, 0.15) is 18.2 Å². The molecule has 0 atom stereocenters. The number of nitrogens with one attached hydrogen (secondary N) is 1. The van der Waals surface area contributed by atoms with Gasteiger partial charge in [0.2, 0.25) is 5.91 Å². The molecule has 1 amide bonds. The molecule has 0 heterocycles. The Morgan fingerprint density at radius 1 is 0.966 bits per heavy atom. The third-order valence-corrected chi connectivity index (χ3v) is 6.25. The molecule has 0 aromatic heterocycles. The van der Waals surface area contributed by atoms with Crippen LogP contribution in [0, 0.1) is 11.6 Å². The van der Waals surface area contributed by atoms with Crippen molar-refractivity contribution in [2.45, 2.75) is 4.90 Å². The predicted molar refractivity (Wildman–Crippen MR) is 110 cm³/mol. The van der Waals surface area contributed by atoms with E-state index in [0.717, 1.165) is 20.9 Å². The molecule has 0 aliphatic heterocycles. The van der Waals surface area contributed by atoms with Gasteiger partial charge in [0.05, 0.1) is 16.3 Å². The van der Waals surface area contributed by atoms with Gasteiger partial charge in [-0.15, -0.1) is 0 Å². The summed E-state index contributed by atoms with van der Waals surface area (Å²) in [7, 11) is -4.07. The Labute approximate surface area is 175 Å². The van der Waals surface area contributed by atoms with E-state index < -0.39 is 34.1 Å². The first kappa shape index (κ1) is 20.9. The average Bonchev–Trinajstić information content (AvgIpc) is 2.70. The quantitative estimate of drug-likeness (QED) is 0.562. The topological polar surface area (TPSA) is 66.5 Å². The second-order valence-corrected chi connectivity index (χ2v) is 8.75. The largest absolute Gasteiger partial charge is 0.322 e. The Hall–Kier alpha value is -2.78. The summed E-state index contributed by atoms with van der Waals surface area (Å²) in [6.45, 7) is -0.602. The molecule has 0 bridgehead atoms. The number of benzene rings is 3. The smallest absolute Gasteiger partial charge is 0.264 e. The Bertz CT molecular complexity index is 1120. The lowest BCUT2D eigenvalue weighted by Crippen LogP contribution is -2.38. The summed E-state index contributed by atoms with van der Waals surface area (Å²) in [5.74, 6) is -2.53. The van der Waals surface area contributed by atoms with Crippen molar-refractivity contribution < 1.29 is 22.0 Å². The van der Waals surface area contributed by atoms with E-state index in [9.17, 15) is 22.0 Å². The number of amides is 1. The molecule has 3 aromatic carbocycles. The highest BCUT2D eigenvalue weighted by molar-refractivity contribution is 9.10. The van der Waals surface area contributed by atoms with Gasteiger partial charge in [-0.1, -0.05) is 34.1 Å². The van der Waals surface area contributed by atoms with Crippen LogP contribution >= 0.6 is 15.9 Å². The summed E-state index contributed by atoms with van der Waals surface area (Å²) in [6, 6.07) is 16.7. The fourth-order valence-electron chi connectivity index (χ4n) is 2.55. The summed E-state index contributed by atoms with van der Waals surface area (Å²) in [5, 5.41) is 2.28. The highest BCUT2D eigenvalue weighted by Crippen LogP contribution is 2.25. The molecule has 3 rings (SSSR count). The van der Waals surface area contributed by atoms with E-state index in [0.29, 0.717) is 6.07 Å². The number of hydrogen-bond acceptors (Lipinski definition) is 3. The van der Waals surface area contributed by atoms with Gasteiger partial charge in [-0.05, 0) is 48.5 Å². The molecule has 0 spiro atoms. The van der Waals surface area contributed by atoms with Crippen molar-refractivity contribution in [3.63, 3.8) is 0 Å². The molecule has 150 valence electrons. The summed E-state index contributed by atoms with van der Waals surface area (Å²) in [4.78, 5) is 12.5. The fraction of sp³-hybridized carbons (Fsp3) is 0.0500. The van der Waals surface area contributed by atoms with E-state index in [1.165, 1.54) is 24.3 Å². The highest BCUT2D eigenvalue weighted by Gasteiger charge is 2.27. The number of halogens is 3. The maximum absolute atomic E-state index is 13.8.